The van der Waals surface area contributed by atoms with Crippen LogP contribution in [0.2, 0.25) is 0 Å². The lowest BCUT2D eigenvalue weighted by Crippen LogP contribution is -2.68. The molecule has 27 heavy (non-hydrogen) atoms. The highest BCUT2D eigenvalue weighted by atomic mass is 35.5. The number of alkyl halides is 2. The fraction of sp³-hybridized carbons (Fsp3) is 0.600. The molecule has 3 saturated carbocycles. The second kappa shape index (κ2) is 6.09. The molecule has 2 bridgehead atoms. The number of carbonyl (C=O) groups excluding carboxylic acids is 1. The minimum atomic E-state index is -0.979. The van der Waals surface area contributed by atoms with Gasteiger partial charge in [-0.3, -0.25) is 0 Å². The topological polar surface area (TPSA) is 46.8 Å². The van der Waals surface area contributed by atoms with E-state index in [1.165, 1.54) is 0 Å². The van der Waals surface area contributed by atoms with E-state index in [1.807, 2.05) is 49.7 Å². The number of fused-ring (bicyclic) bond motifs is 1. The Balaban J connectivity index is 1.53. The molecule has 0 aliphatic heterocycles. The van der Waals surface area contributed by atoms with E-state index in [0.717, 1.165) is 16.9 Å². The van der Waals surface area contributed by atoms with Crippen LogP contribution >= 0.6 is 11.6 Å². The number of pyridine rings is 1. The van der Waals surface area contributed by atoms with E-state index >= 15 is 0 Å². The summed E-state index contributed by atoms with van der Waals surface area (Å²) in [6, 6.07) is 3.87. The van der Waals surface area contributed by atoms with Crippen LogP contribution in [0.3, 0.4) is 0 Å². The Hall–Kier alpha value is -1.82. The number of hydrogen-bond acceptors (Lipinski definition) is 3. The third-order valence-corrected chi connectivity index (χ3v) is 5.60. The molecule has 5 nitrogen and oxygen atoms in total. The number of halogens is 2. The van der Waals surface area contributed by atoms with Crippen molar-refractivity contribution in [1.29, 1.82) is 0 Å². The number of ether oxygens (including phenoxy) is 1. The highest BCUT2D eigenvalue weighted by Gasteiger charge is 2.69. The van der Waals surface area contributed by atoms with Crippen molar-refractivity contribution in [2.45, 2.75) is 63.7 Å². The normalized spacial score (nSPS) is 26.4. The monoisotopic (exact) mass is 393 g/mol. The number of amides is 1. The van der Waals surface area contributed by atoms with Crippen LogP contribution in [-0.4, -0.2) is 38.2 Å². The smallest absolute Gasteiger partial charge is 0.410 e. The van der Waals surface area contributed by atoms with Gasteiger partial charge in [-0.1, -0.05) is 6.07 Å². The van der Waals surface area contributed by atoms with E-state index in [4.69, 9.17) is 16.3 Å². The predicted molar refractivity (Wildman–Crippen MR) is 102 cm³/mol. The van der Waals surface area contributed by atoms with Crippen molar-refractivity contribution in [1.82, 2.24) is 14.3 Å². The molecule has 1 amide bonds. The highest BCUT2D eigenvalue weighted by molar-refractivity contribution is 6.16. The lowest BCUT2D eigenvalue weighted by molar-refractivity contribution is -0.220. The van der Waals surface area contributed by atoms with Crippen LogP contribution in [0.25, 0.3) is 5.65 Å². The standard InChI is InChI=1S/C20H25ClFN3O2/c1-18(2,3)27-17(26)25(13-19-10-20(22,11-19)12-19)8-14-4-5-16-23-15(6-21)9-24(16)7-14/h4-5,7,9H,6,8,10-13H2,1-3H3. The van der Waals surface area contributed by atoms with Crippen molar-refractivity contribution >= 4 is 23.3 Å². The average molecular weight is 394 g/mol. The number of hydrogen-bond donors (Lipinski definition) is 0. The van der Waals surface area contributed by atoms with Gasteiger partial charge in [0.25, 0.3) is 0 Å². The summed E-state index contributed by atoms with van der Waals surface area (Å²) in [7, 11) is 0. The summed E-state index contributed by atoms with van der Waals surface area (Å²) in [5.41, 5.74) is 0.967. The summed E-state index contributed by atoms with van der Waals surface area (Å²) < 4.78 is 21.4. The Kier molecular flexibility index (Phi) is 4.18. The molecule has 3 aliphatic carbocycles. The quantitative estimate of drug-likeness (QED) is 0.691. The Morgan fingerprint density at radius 3 is 2.63 bits per heavy atom. The van der Waals surface area contributed by atoms with Crippen LogP contribution < -0.4 is 0 Å². The number of carbonyl (C=O) groups is 1. The third kappa shape index (κ3) is 3.64. The van der Waals surface area contributed by atoms with Gasteiger partial charge in [0.2, 0.25) is 0 Å². The van der Waals surface area contributed by atoms with Gasteiger partial charge in [-0.25, -0.2) is 14.2 Å². The minimum absolute atomic E-state index is 0.0729. The first-order valence-corrected chi connectivity index (χ1v) is 9.82. The molecule has 7 heteroatoms. The Morgan fingerprint density at radius 1 is 1.33 bits per heavy atom. The summed E-state index contributed by atoms with van der Waals surface area (Å²) in [6.45, 7) is 6.51. The molecule has 2 aromatic heterocycles. The molecular formula is C20H25ClFN3O2. The molecule has 2 heterocycles. The zero-order valence-corrected chi connectivity index (χ0v) is 16.7. The van der Waals surface area contributed by atoms with Crippen LogP contribution in [0.1, 0.15) is 51.3 Å². The summed E-state index contributed by atoms with van der Waals surface area (Å²) >= 11 is 5.86. The zero-order valence-electron chi connectivity index (χ0n) is 16.0. The van der Waals surface area contributed by atoms with E-state index in [-0.39, 0.29) is 11.5 Å². The summed E-state index contributed by atoms with van der Waals surface area (Å²) in [5.74, 6) is 0.356. The van der Waals surface area contributed by atoms with Crippen molar-refractivity contribution in [2.24, 2.45) is 5.41 Å². The van der Waals surface area contributed by atoms with Gasteiger partial charge in [0, 0.05) is 18.9 Å². The van der Waals surface area contributed by atoms with E-state index in [0.29, 0.717) is 38.2 Å². The van der Waals surface area contributed by atoms with Gasteiger partial charge >= 0.3 is 6.09 Å². The molecule has 0 atom stereocenters. The molecule has 5 rings (SSSR count). The first kappa shape index (κ1) is 18.5. The maximum atomic E-state index is 13.9. The molecule has 146 valence electrons. The van der Waals surface area contributed by atoms with Crippen molar-refractivity contribution < 1.29 is 13.9 Å². The molecule has 0 saturated heterocycles. The molecule has 0 aromatic carbocycles. The Morgan fingerprint density at radius 2 is 2.04 bits per heavy atom. The number of imidazole rings is 1. The molecule has 2 aromatic rings. The van der Waals surface area contributed by atoms with Crippen LogP contribution in [0.4, 0.5) is 9.18 Å². The van der Waals surface area contributed by atoms with E-state index in [2.05, 4.69) is 4.98 Å². The van der Waals surface area contributed by atoms with Crippen LogP contribution in [0.5, 0.6) is 0 Å². The Bertz CT molecular complexity index is 869. The van der Waals surface area contributed by atoms with E-state index < -0.39 is 11.3 Å². The predicted octanol–water partition coefficient (Wildman–Crippen LogP) is 4.70. The van der Waals surface area contributed by atoms with Gasteiger partial charge in [0.1, 0.15) is 16.9 Å². The molecule has 0 unspecified atom stereocenters. The first-order chi connectivity index (χ1) is 12.6. The lowest BCUT2D eigenvalue weighted by Gasteiger charge is -2.66. The molecular weight excluding hydrogens is 369 g/mol. The number of nitrogens with zero attached hydrogens (tertiary/aromatic N) is 3. The zero-order chi connectivity index (χ0) is 19.4. The van der Waals surface area contributed by atoms with Gasteiger partial charge < -0.3 is 14.0 Å². The molecule has 3 fully saturated rings. The van der Waals surface area contributed by atoms with Crippen LogP contribution in [-0.2, 0) is 17.2 Å². The van der Waals surface area contributed by atoms with Crippen LogP contribution in [0, 0.1) is 5.41 Å². The molecule has 0 N–H and O–H groups in total. The highest BCUT2D eigenvalue weighted by Crippen LogP contribution is 2.69. The van der Waals surface area contributed by atoms with Gasteiger partial charge in [0.15, 0.2) is 0 Å². The second-order valence-corrected chi connectivity index (χ2v) is 9.45. The van der Waals surface area contributed by atoms with Gasteiger partial charge in [-0.05, 0) is 57.1 Å². The van der Waals surface area contributed by atoms with Crippen LogP contribution in [0.15, 0.2) is 24.5 Å². The van der Waals surface area contributed by atoms with Crippen molar-refractivity contribution in [2.75, 3.05) is 6.54 Å². The van der Waals surface area contributed by atoms with Gasteiger partial charge in [0.05, 0.1) is 18.1 Å². The maximum Gasteiger partial charge on any atom is 0.410 e. The van der Waals surface area contributed by atoms with Crippen molar-refractivity contribution in [3.05, 3.63) is 35.8 Å². The molecule has 0 spiro atoms. The lowest BCUT2D eigenvalue weighted by atomic mass is 9.42. The third-order valence-electron chi connectivity index (χ3n) is 5.33. The maximum absolute atomic E-state index is 13.9. The first-order valence-electron chi connectivity index (χ1n) is 9.28. The minimum Gasteiger partial charge on any atom is -0.444 e. The van der Waals surface area contributed by atoms with Crippen molar-refractivity contribution in [3.8, 4) is 0 Å². The summed E-state index contributed by atoms with van der Waals surface area (Å²) in [4.78, 5) is 18.9. The fourth-order valence-corrected chi connectivity index (χ4v) is 4.54. The Labute approximate surface area is 163 Å². The van der Waals surface area contributed by atoms with Crippen molar-refractivity contribution in [3.63, 3.8) is 0 Å². The number of rotatable bonds is 5. The second-order valence-electron chi connectivity index (χ2n) is 9.19. The van der Waals surface area contributed by atoms with E-state index in [9.17, 15) is 9.18 Å². The van der Waals surface area contributed by atoms with E-state index in [1.54, 1.807) is 4.90 Å². The largest absolute Gasteiger partial charge is 0.444 e. The summed E-state index contributed by atoms with van der Waals surface area (Å²) in [5, 5.41) is 0. The average Bonchev–Trinajstić information content (AvgIpc) is 2.92. The molecule has 3 aliphatic rings. The summed E-state index contributed by atoms with van der Waals surface area (Å²) in [6.07, 6.45) is 5.15. The van der Waals surface area contributed by atoms with Gasteiger partial charge in [-0.2, -0.15) is 0 Å². The molecule has 0 radical (unpaired) electrons. The van der Waals surface area contributed by atoms with Gasteiger partial charge in [-0.15, -0.1) is 11.6 Å². The SMILES string of the molecule is CC(C)(C)OC(=O)N(Cc1ccc2nc(CCl)cn2c1)CC12CC(F)(C1)C2. The fourth-order valence-electron chi connectivity index (χ4n) is 4.41. The number of aromatic nitrogens is 2.